The van der Waals surface area contributed by atoms with Gasteiger partial charge in [-0.1, -0.05) is 11.6 Å². The number of H-pyrrole nitrogens is 1. The quantitative estimate of drug-likeness (QED) is 0.589. The van der Waals surface area contributed by atoms with Gasteiger partial charge in [-0.3, -0.25) is 5.10 Å². The summed E-state index contributed by atoms with van der Waals surface area (Å²) in [6, 6.07) is 0. The van der Waals surface area contributed by atoms with Crippen LogP contribution in [0.15, 0.2) is 4.60 Å². The van der Waals surface area contributed by atoms with Crippen LogP contribution in [0.2, 0.25) is 10.4 Å². The Morgan fingerprint density at radius 3 is 2.75 bits per heavy atom. The van der Waals surface area contributed by atoms with E-state index in [2.05, 4.69) is 36.1 Å². The summed E-state index contributed by atoms with van der Waals surface area (Å²) in [5.41, 5.74) is 0.520. The van der Waals surface area contributed by atoms with Crippen molar-refractivity contribution >= 4 is 50.2 Å². The van der Waals surface area contributed by atoms with Crippen molar-refractivity contribution in [3.05, 3.63) is 15.0 Å². The summed E-state index contributed by atoms with van der Waals surface area (Å²) >= 11 is 14.5. The molecule has 2 aromatic heterocycles. The van der Waals surface area contributed by atoms with Gasteiger partial charge in [-0.2, -0.15) is 10.1 Å². The number of hydrogen-bond acceptors (Lipinski definition) is 3. The lowest BCUT2D eigenvalue weighted by atomic mass is 10.4. The maximum Gasteiger partial charge on any atom is 0.225 e. The topological polar surface area (TPSA) is 54.5 Å². The third-order valence-corrected chi connectivity index (χ3v) is 2.32. The van der Waals surface area contributed by atoms with Crippen molar-refractivity contribution in [1.82, 2.24) is 20.2 Å². The molecule has 0 radical (unpaired) electrons. The van der Waals surface area contributed by atoms with E-state index in [4.69, 9.17) is 23.2 Å². The van der Waals surface area contributed by atoms with E-state index in [0.29, 0.717) is 15.6 Å². The van der Waals surface area contributed by atoms with Gasteiger partial charge < -0.3 is 0 Å². The summed E-state index contributed by atoms with van der Waals surface area (Å²) in [7, 11) is 0. The minimum atomic E-state index is 0.101. The molecule has 0 fully saturated rings. The Morgan fingerprint density at radius 1 is 1.25 bits per heavy atom. The van der Waals surface area contributed by atoms with E-state index >= 15 is 0 Å². The van der Waals surface area contributed by atoms with Crippen molar-refractivity contribution in [2.45, 2.75) is 0 Å². The molecule has 62 valence electrons. The van der Waals surface area contributed by atoms with Gasteiger partial charge in [-0.15, -0.1) is 0 Å². The second-order valence-corrected chi connectivity index (χ2v) is 3.47. The molecule has 0 aromatic carbocycles. The third kappa shape index (κ3) is 1.18. The number of hydrogen-bond donors (Lipinski definition) is 1. The van der Waals surface area contributed by atoms with Gasteiger partial charge in [0.2, 0.25) is 5.28 Å². The van der Waals surface area contributed by atoms with E-state index in [1.54, 1.807) is 0 Å². The second-order valence-electron chi connectivity index (χ2n) is 2.02. The van der Waals surface area contributed by atoms with Gasteiger partial charge in [-0.05, 0) is 27.5 Å². The number of aromatic nitrogens is 4. The highest BCUT2D eigenvalue weighted by Gasteiger charge is 2.10. The molecular weight excluding hydrogens is 267 g/mol. The van der Waals surface area contributed by atoms with Crippen LogP contribution in [0.1, 0.15) is 0 Å². The number of aromatic amines is 1. The van der Waals surface area contributed by atoms with E-state index in [0.717, 1.165) is 0 Å². The Bertz CT molecular complexity index is 440. The summed E-state index contributed by atoms with van der Waals surface area (Å²) in [5, 5.41) is 7.52. The zero-order valence-electron chi connectivity index (χ0n) is 5.48. The highest BCUT2D eigenvalue weighted by molar-refractivity contribution is 9.10. The van der Waals surface area contributed by atoms with Gasteiger partial charge in [0.05, 0.1) is 5.39 Å². The minimum Gasteiger partial charge on any atom is -0.259 e. The average molecular weight is 268 g/mol. The van der Waals surface area contributed by atoms with E-state index in [9.17, 15) is 0 Å². The Balaban J connectivity index is 2.93. The number of nitrogens with zero attached hydrogens (tertiary/aromatic N) is 3. The third-order valence-electron chi connectivity index (χ3n) is 1.30. The Kier molecular flexibility index (Phi) is 1.94. The number of fused-ring (bicyclic) bond motifs is 1. The van der Waals surface area contributed by atoms with Gasteiger partial charge in [0.1, 0.15) is 9.76 Å². The fourth-order valence-corrected chi connectivity index (χ4v) is 1.88. The van der Waals surface area contributed by atoms with E-state index in [1.165, 1.54) is 0 Å². The van der Waals surface area contributed by atoms with Crippen LogP contribution in [0, 0.1) is 0 Å². The molecule has 4 nitrogen and oxygen atoms in total. The molecule has 2 rings (SSSR count). The van der Waals surface area contributed by atoms with Crippen LogP contribution in [0.4, 0.5) is 0 Å². The van der Waals surface area contributed by atoms with Crippen LogP contribution in [0.5, 0.6) is 0 Å². The first-order chi connectivity index (χ1) is 5.68. The Morgan fingerprint density at radius 2 is 2.00 bits per heavy atom. The summed E-state index contributed by atoms with van der Waals surface area (Å²) in [6.07, 6.45) is 0. The van der Waals surface area contributed by atoms with Crippen LogP contribution < -0.4 is 0 Å². The average Bonchev–Trinajstić information content (AvgIpc) is 2.31. The molecule has 0 spiro atoms. The van der Waals surface area contributed by atoms with Gasteiger partial charge in [0, 0.05) is 0 Å². The first-order valence-corrected chi connectivity index (χ1v) is 4.46. The molecule has 0 unspecified atom stereocenters. The minimum absolute atomic E-state index is 0.101. The number of rotatable bonds is 0. The highest BCUT2D eigenvalue weighted by atomic mass is 79.9. The highest BCUT2D eigenvalue weighted by Crippen LogP contribution is 2.26. The molecule has 12 heavy (non-hydrogen) atoms. The van der Waals surface area contributed by atoms with E-state index in [-0.39, 0.29) is 10.4 Å². The van der Waals surface area contributed by atoms with E-state index < -0.39 is 0 Å². The van der Waals surface area contributed by atoms with Crippen molar-refractivity contribution in [3.8, 4) is 0 Å². The van der Waals surface area contributed by atoms with Crippen molar-refractivity contribution < 1.29 is 0 Å². The fourth-order valence-electron chi connectivity index (χ4n) is 0.829. The lowest BCUT2D eigenvalue weighted by Gasteiger charge is -1.92. The molecule has 7 heteroatoms. The number of nitrogens with one attached hydrogen (secondary N) is 1. The Hall–Kier alpha value is -0.390. The van der Waals surface area contributed by atoms with Gasteiger partial charge in [0.25, 0.3) is 0 Å². The largest absolute Gasteiger partial charge is 0.259 e. The first-order valence-electron chi connectivity index (χ1n) is 2.91. The molecule has 0 aliphatic heterocycles. The van der Waals surface area contributed by atoms with Crippen LogP contribution in [-0.4, -0.2) is 20.2 Å². The second kappa shape index (κ2) is 2.83. The normalized spacial score (nSPS) is 10.9. The lowest BCUT2D eigenvalue weighted by Crippen LogP contribution is -1.84. The predicted octanol–water partition coefficient (Wildman–Crippen LogP) is 2.42. The number of halogens is 3. The Labute approximate surface area is 85.4 Å². The standard InChI is InChI=1S/C5HBrCl2N4/c6-2-1-3(7)9-5(8)10-4(1)12-11-2/h(H,9,10,11,12). The van der Waals surface area contributed by atoms with Crippen molar-refractivity contribution in [2.75, 3.05) is 0 Å². The van der Waals surface area contributed by atoms with Crippen molar-refractivity contribution in [1.29, 1.82) is 0 Å². The van der Waals surface area contributed by atoms with Crippen molar-refractivity contribution in [3.63, 3.8) is 0 Å². The van der Waals surface area contributed by atoms with Gasteiger partial charge in [-0.25, -0.2) is 4.98 Å². The lowest BCUT2D eigenvalue weighted by molar-refractivity contribution is 1.07. The SMILES string of the molecule is Clc1nc(Cl)c2c(Br)n[nH]c2n1. The maximum atomic E-state index is 5.78. The molecule has 2 heterocycles. The van der Waals surface area contributed by atoms with Crippen LogP contribution in [0.25, 0.3) is 11.0 Å². The molecule has 0 aliphatic carbocycles. The molecule has 0 bridgehead atoms. The fraction of sp³-hybridized carbons (Fsp3) is 0. The summed E-state index contributed by atoms with van der Waals surface area (Å²) in [5.74, 6) is 0. The zero-order valence-corrected chi connectivity index (χ0v) is 8.57. The molecule has 0 saturated carbocycles. The first kappa shape index (κ1) is 8.22. The predicted molar refractivity (Wildman–Crippen MR) is 49.4 cm³/mol. The van der Waals surface area contributed by atoms with Crippen LogP contribution >= 0.6 is 39.1 Å². The van der Waals surface area contributed by atoms with Gasteiger partial charge in [0.15, 0.2) is 5.65 Å². The monoisotopic (exact) mass is 266 g/mol. The molecular formula is C5HBrCl2N4. The summed E-state index contributed by atoms with van der Waals surface area (Å²) in [6.45, 7) is 0. The van der Waals surface area contributed by atoms with Crippen molar-refractivity contribution in [2.24, 2.45) is 0 Å². The summed E-state index contributed by atoms with van der Waals surface area (Å²) in [4.78, 5) is 7.64. The van der Waals surface area contributed by atoms with Crippen LogP contribution in [0.3, 0.4) is 0 Å². The molecule has 0 amide bonds. The molecule has 1 N–H and O–H groups in total. The molecule has 0 aliphatic rings. The molecule has 0 atom stereocenters. The smallest absolute Gasteiger partial charge is 0.225 e. The molecule has 2 aromatic rings. The zero-order chi connectivity index (χ0) is 8.72. The maximum absolute atomic E-state index is 5.78. The van der Waals surface area contributed by atoms with Crippen LogP contribution in [-0.2, 0) is 0 Å². The molecule has 0 saturated heterocycles. The van der Waals surface area contributed by atoms with Gasteiger partial charge >= 0.3 is 0 Å². The summed E-state index contributed by atoms with van der Waals surface area (Å²) < 4.78 is 0.583. The van der Waals surface area contributed by atoms with E-state index in [1.807, 2.05) is 0 Å².